The quantitative estimate of drug-likeness (QED) is 0.837. The summed E-state index contributed by atoms with van der Waals surface area (Å²) in [6, 6.07) is 8.84. The van der Waals surface area contributed by atoms with Crippen LogP contribution >= 0.6 is 0 Å². The molecule has 2 rings (SSSR count). The molecule has 0 fully saturated rings. The first kappa shape index (κ1) is 14.9. The van der Waals surface area contributed by atoms with Gasteiger partial charge in [-0.15, -0.1) is 0 Å². The fourth-order valence-electron chi connectivity index (χ4n) is 2.98. The zero-order valence-electron chi connectivity index (χ0n) is 12.5. The lowest BCUT2D eigenvalue weighted by Gasteiger charge is -2.31. The summed E-state index contributed by atoms with van der Waals surface area (Å²) in [7, 11) is 0. The van der Waals surface area contributed by atoms with Crippen molar-refractivity contribution in [1.82, 2.24) is 5.32 Å². The number of hydrogen-bond donors (Lipinski definition) is 2. The van der Waals surface area contributed by atoms with Crippen LogP contribution in [-0.2, 0) is 11.2 Å². The summed E-state index contributed by atoms with van der Waals surface area (Å²) in [4.78, 5) is 13.8. The Bertz CT molecular complexity index is 489. The van der Waals surface area contributed by atoms with Crippen molar-refractivity contribution in [2.75, 3.05) is 18.0 Å². The van der Waals surface area contributed by atoms with Crippen molar-refractivity contribution >= 4 is 11.7 Å². The Morgan fingerprint density at radius 3 is 2.85 bits per heavy atom. The van der Waals surface area contributed by atoms with E-state index in [2.05, 4.69) is 35.3 Å². The molecule has 0 saturated carbocycles. The predicted octanol–water partition coefficient (Wildman–Crippen LogP) is 2.28. The maximum atomic E-state index is 11.5. The maximum absolute atomic E-state index is 11.5. The normalized spacial score (nSPS) is 20.6. The number of fused-ring (bicyclic) bond motifs is 1. The molecular weight excluding hydrogens is 252 g/mol. The summed E-state index contributed by atoms with van der Waals surface area (Å²) in [5.74, 6) is -0.778. The molecule has 0 aromatic heterocycles. The van der Waals surface area contributed by atoms with Crippen molar-refractivity contribution in [3.63, 3.8) is 0 Å². The molecule has 4 nitrogen and oxygen atoms in total. The molecule has 4 heteroatoms. The van der Waals surface area contributed by atoms with E-state index in [-0.39, 0.29) is 0 Å². The van der Waals surface area contributed by atoms with E-state index in [1.165, 1.54) is 11.3 Å². The van der Waals surface area contributed by atoms with Gasteiger partial charge >= 0.3 is 5.97 Å². The van der Waals surface area contributed by atoms with E-state index < -0.39 is 11.5 Å². The second-order valence-corrected chi connectivity index (χ2v) is 5.79. The van der Waals surface area contributed by atoms with Gasteiger partial charge in [-0.1, -0.05) is 25.1 Å². The van der Waals surface area contributed by atoms with Gasteiger partial charge < -0.3 is 15.3 Å². The molecule has 2 unspecified atom stereocenters. The van der Waals surface area contributed by atoms with Crippen molar-refractivity contribution in [3.05, 3.63) is 29.8 Å². The van der Waals surface area contributed by atoms with Gasteiger partial charge in [0.05, 0.1) is 0 Å². The van der Waals surface area contributed by atoms with Crippen LogP contribution in [0.3, 0.4) is 0 Å². The van der Waals surface area contributed by atoms with Crippen LogP contribution in [0.4, 0.5) is 5.69 Å². The third-order valence-electron chi connectivity index (χ3n) is 4.24. The molecule has 110 valence electrons. The molecule has 2 atom stereocenters. The van der Waals surface area contributed by atoms with Gasteiger partial charge in [0.2, 0.25) is 0 Å². The zero-order chi connectivity index (χ0) is 14.8. The van der Waals surface area contributed by atoms with Gasteiger partial charge in [-0.05, 0) is 44.9 Å². The van der Waals surface area contributed by atoms with Crippen LogP contribution in [0.1, 0.15) is 32.8 Å². The van der Waals surface area contributed by atoms with Crippen LogP contribution in [0.15, 0.2) is 24.3 Å². The molecule has 0 spiro atoms. The van der Waals surface area contributed by atoms with Gasteiger partial charge in [0, 0.05) is 18.3 Å². The number of carbonyl (C=O) groups is 1. The highest BCUT2D eigenvalue weighted by Crippen LogP contribution is 2.32. The minimum Gasteiger partial charge on any atom is -0.480 e. The third-order valence-corrected chi connectivity index (χ3v) is 4.24. The largest absolute Gasteiger partial charge is 0.480 e. The fraction of sp³-hybridized carbons (Fsp3) is 0.562. The first-order chi connectivity index (χ1) is 9.48. The molecule has 1 heterocycles. The topological polar surface area (TPSA) is 52.6 Å². The minimum atomic E-state index is -0.855. The Labute approximate surface area is 120 Å². The zero-order valence-corrected chi connectivity index (χ0v) is 12.5. The molecule has 20 heavy (non-hydrogen) atoms. The summed E-state index contributed by atoms with van der Waals surface area (Å²) in [5.41, 5.74) is 1.76. The van der Waals surface area contributed by atoms with E-state index >= 15 is 0 Å². The van der Waals surface area contributed by atoms with Crippen LogP contribution in [-0.4, -0.2) is 35.7 Å². The molecule has 2 N–H and O–H groups in total. The lowest BCUT2D eigenvalue weighted by Crippen LogP contribution is -2.51. The smallest absolute Gasteiger partial charge is 0.323 e. The molecule has 0 aliphatic carbocycles. The molecule has 0 bridgehead atoms. The van der Waals surface area contributed by atoms with Gasteiger partial charge in [-0.3, -0.25) is 4.79 Å². The van der Waals surface area contributed by atoms with Gasteiger partial charge in [0.15, 0.2) is 0 Å². The number of rotatable bonds is 6. The molecule has 1 aliphatic heterocycles. The van der Waals surface area contributed by atoms with Gasteiger partial charge in [0.25, 0.3) is 0 Å². The number of carboxylic acid groups (broad SMARTS) is 1. The Hall–Kier alpha value is -1.55. The molecule has 1 aliphatic rings. The maximum Gasteiger partial charge on any atom is 0.323 e. The molecule has 1 aromatic rings. The van der Waals surface area contributed by atoms with E-state index in [4.69, 9.17) is 0 Å². The second kappa shape index (κ2) is 5.83. The van der Waals surface area contributed by atoms with E-state index in [9.17, 15) is 9.90 Å². The minimum absolute atomic E-state index is 0.437. The third kappa shape index (κ3) is 2.80. The highest BCUT2D eigenvalue weighted by Gasteiger charge is 2.34. The number of carboxylic acids is 1. The van der Waals surface area contributed by atoms with Crippen molar-refractivity contribution < 1.29 is 9.90 Å². The van der Waals surface area contributed by atoms with Crippen LogP contribution < -0.4 is 10.2 Å². The Balaban J connectivity index is 2.09. The molecular formula is C16H24N2O2. The van der Waals surface area contributed by atoms with E-state index in [1.54, 1.807) is 6.92 Å². The standard InChI is InChI=1S/C16H24N2O2/c1-4-17-16(3,15(19)20)9-10-18-12(2)11-13-7-5-6-8-14(13)18/h5-8,12,17H,4,9-11H2,1-3H3,(H,19,20). The number of nitrogens with zero attached hydrogens (tertiary/aromatic N) is 1. The highest BCUT2D eigenvalue weighted by molar-refractivity contribution is 5.78. The molecule has 1 aromatic carbocycles. The predicted molar refractivity (Wildman–Crippen MR) is 81.3 cm³/mol. The number of nitrogens with one attached hydrogen (secondary N) is 1. The van der Waals surface area contributed by atoms with Crippen molar-refractivity contribution in [3.8, 4) is 0 Å². The highest BCUT2D eigenvalue weighted by atomic mass is 16.4. The average molecular weight is 276 g/mol. The number of anilines is 1. The summed E-state index contributed by atoms with van der Waals surface area (Å²) in [5, 5.41) is 12.5. The average Bonchev–Trinajstić information content (AvgIpc) is 2.72. The first-order valence-electron chi connectivity index (χ1n) is 7.31. The Morgan fingerprint density at radius 2 is 2.20 bits per heavy atom. The lowest BCUT2D eigenvalue weighted by molar-refractivity contribution is -0.144. The Kier molecular flexibility index (Phi) is 4.33. The number of likely N-dealkylation sites (N-methyl/N-ethyl adjacent to an activating group) is 1. The van der Waals surface area contributed by atoms with Gasteiger partial charge in [-0.2, -0.15) is 0 Å². The number of benzene rings is 1. The van der Waals surface area contributed by atoms with Gasteiger partial charge in [0.1, 0.15) is 5.54 Å². The summed E-state index contributed by atoms with van der Waals surface area (Å²) >= 11 is 0. The summed E-state index contributed by atoms with van der Waals surface area (Å²) in [6.07, 6.45) is 1.63. The number of hydrogen-bond acceptors (Lipinski definition) is 3. The fourth-order valence-corrected chi connectivity index (χ4v) is 2.98. The molecule has 0 saturated heterocycles. The van der Waals surface area contributed by atoms with Crippen LogP contribution in [0.25, 0.3) is 0 Å². The summed E-state index contributed by atoms with van der Waals surface area (Å²) in [6.45, 7) is 7.33. The van der Waals surface area contributed by atoms with E-state index in [0.717, 1.165) is 13.0 Å². The van der Waals surface area contributed by atoms with Crippen molar-refractivity contribution in [1.29, 1.82) is 0 Å². The SMILES string of the molecule is CCNC(C)(CCN1c2ccccc2CC1C)C(=O)O. The van der Waals surface area contributed by atoms with Crippen LogP contribution in [0, 0.1) is 0 Å². The Morgan fingerprint density at radius 1 is 1.50 bits per heavy atom. The van der Waals surface area contributed by atoms with Crippen molar-refractivity contribution in [2.45, 2.75) is 45.2 Å². The van der Waals surface area contributed by atoms with Crippen LogP contribution in [0.2, 0.25) is 0 Å². The molecule has 0 radical (unpaired) electrons. The second-order valence-electron chi connectivity index (χ2n) is 5.79. The number of aliphatic carboxylic acids is 1. The lowest BCUT2D eigenvalue weighted by atomic mass is 9.97. The number of para-hydroxylation sites is 1. The van der Waals surface area contributed by atoms with Gasteiger partial charge in [-0.25, -0.2) is 0 Å². The van der Waals surface area contributed by atoms with Crippen molar-refractivity contribution in [2.24, 2.45) is 0 Å². The van der Waals surface area contributed by atoms with Crippen LogP contribution in [0.5, 0.6) is 0 Å². The van der Waals surface area contributed by atoms with E-state index in [0.29, 0.717) is 19.0 Å². The van der Waals surface area contributed by atoms with E-state index in [1.807, 2.05) is 13.0 Å². The first-order valence-corrected chi connectivity index (χ1v) is 7.31. The monoisotopic (exact) mass is 276 g/mol. The summed E-state index contributed by atoms with van der Waals surface area (Å²) < 4.78 is 0. The molecule has 0 amide bonds.